The summed E-state index contributed by atoms with van der Waals surface area (Å²) in [5.74, 6) is -0.389. The molecular formula is C37H35N6O5+. The average Bonchev–Trinajstić information content (AvgIpc) is 3.08. The Balaban J connectivity index is 1.28. The monoisotopic (exact) mass is 643 g/mol. The largest absolute Gasteiger partial charge is 0.478 e. The quantitative estimate of drug-likeness (QED) is 0.148. The van der Waals surface area contributed by atoms with Crippen molar-refractivity contribution in [3.05, 3.63) is 119 Å². The number of carbonyl (C=O) groups excluding carboxylic acids is 1. The maximum absolute atomic E-state index is 13.3. The van der Waals surface area contributed by atoms with Gasteiger partial charge in [-0.15, -0.1) is 0 Å². The van der Waals surface area contributed by atoms with Crippen molar-refractivity contribution in [1.29, 1.82) is 0 Å². The zero-order valence-corrected chi connectivity index (χ0v) is 27.0. The van der Waals surface area contributed by atoms with Crippen molar-refractivity contribution in [2.24, 2.45) is 0 Å². The number of amides is 1. The molecular weight excluding hydrogens is 608 g/mol. The molecule has 0 unspecified atom stereocenters. The molecule has 48 heavy (non-hydrogen) atoms. The summed E-state index contributed by atoms with van der Waals surface area (Å²) >= 11 is 0. The topological polar surface area (TPSA) is 147 Å². The van der Waals surface area contributed by atoms with Crippen LogP contribution in [0, 0.1) is 0 Å². The third-order valence-electron chi connectivity index (χ3n) is 8.01. The molecule has 2 aliphatic rings. The maximum atomic E-state index is 13.3. The van der Waals surface area contributed by atoms with Gasteiger partial charge in [-0.25, -0.2) is 14.4 Å². The van der Waals surface area contributed by atoms with E-state index in [9.17, 15) is 14.7 Å². The first-order valence-electron chi connectivity index (χ1n) is 15.2. The zero-order chi connectivity index (χ0) is 33.9. The van der Waals surface area contributed by atoms with Crippen molar-refractivity contribution in [1.82, 2.24) is 19.9 Å². The number of nitrogens with zero attached hydrogens (tertiary/aromatic N) is 4. The Morgan fingerprint density at radius 1 is 0.938 bits per heavy atom. The summed E-state index contributed by atoms with van der Waals surface area (Å²) in [7, 11) is 7.79. The number of nitrogens with two attached hydrogens (primary N) is 1. The summed E-state index contributed by atoms with van der Waals surface area (Å²) in [4.78, 5) is 35.8. The van der Waals surface area contributed by atoms with Crippen LogP contribution in [0.25, 0.3) is 33.4 Å². The highest BCUT2D eigenvalue weighted by molar-refractivity contribution is 6.09. The van der Waals surface area contributed by atoms with Crippen LogP contribution < -0.4 is 30.6 Å². The SMILES string of the molecule is CN(C)c1ccc2c(-c3ccc(C(=O)NCc4ccc(COc5ccnc(N)n5)cc4)cc3C(=O)O)c3ccc(=[N+](C)C)cc-3oc2c1. The first-order valence-corrected chi connectivity index (χ1v) is 15.2. The number of aromatic nitrogens is 2. The van der Waals surface area contributed by atoms with Crippen LogP contribution >= 0.6 is 0 Å². The minimum atomic E-state index is -1.14. The Hall–Kier alpha value is -6.23. The summed E-state index contributed by atoms with van der Waals surface area (Å²) in [6, 6.07) is 25.7. The molecule has 2 heterocycles. The van der Waals surface area contributed by atoms with Crippen LogP contribution in [-0.2, 0) is 13.2 Å². The molecule has 3 aromatic carbocycles. The van der Waals surface area contributed by atoms with Crippen LogP contribution in [0.5, 0.6) is 5.88 Å². The van der Waals surface area contributed by atoms with E-state index in [0.29, 0.717) is 29.4 Å². The average molecular weight is 644 g/mol. The minimum Gasteiger partial charge on any atom is -0.478 e. The number of benzene rings is 4. The molecule has 0 fully saturated rings. The number of hydrogen-bond acceptors (Lipinski definition) is 8. The summed E-state index contributed by atoms with van der Waals surface area (Å²) in [5, 5.41) is 15.0. The highest BCUT2D eigenvalue weighted by atomic mass is 16.5. The van der Waals surface area contributed by atoms with Gasteiger partial charge in [0.1, 0.15) is 32.0 Å². The second-order valence-electron chi connectivity index (χ2n) is 11.7. The van der Waals surface area contributed by atoms with Crippen molar-refractivity contribution in [3.8, 4) is 28.3 Å². The van der Waals surface area contributed by atoms with Gasteiger partial charge >= 0.3 is 5.97 Å². The number of ether oxygens (including phenoxy) is 1. The van der Waals surface area contributed by atoms with E-state index in [4.69, 9.17) is 14.9 Å². The fraction of sp³-hybridized carbons (Fsp3) is 0.162. The normalized spacial score (nSPS) is 11.0. The highest BCUT2D eigenvalue weighted by Gasteiger charge is 2.23. The molecule has 0 saturated heterocycles. The van der Waals surface area contributed by atoms with E-state index in [1.54, 1.807) is 18.2 Å². The molecule has 1 aromatic heterocycles. The van der Waals surface area contributed by atoms with Crippen molar-refractivity contribution >= 4 is 34.5 Å². The molecule has 1 aliphatic heterocycles. The van der Waals surface area contributed by atoms with Crippen molar-refractivity contribution in [2.45, 2.75) is 13.2 Å². The van der Waals surface area contributed by atoms with E-state index in [-0.39, 0.29) is 29.5 Å². The predicted octanol–water partition coefficient (Wildman–Crippen LogP) is 4.88. The standard InChI is InChI=1S/C37H34N6O5/c1-42(2)25-10-13-28-31(18-25)48-32-19-26(43(3)4)11-14-29(32)34(28)27-12-9-24(17-30(27)36(45)46)35(44)40-20-22-5-7-23(8-6-22)21-47-33-15-16-39-37(38)41-33/h5-19H,20-21H2,1-4H3,(H3-,38,39,40,41,44,45,46)/p+1. The molecule has 242 valence electrons. The van der Waals surface area contributed by atoms with Gasteiger partial charge in [0.15, 0.2) is 0 Å². The molecule has 1 aliphatic carbocycles. The number of aromatic carboxylic acids is 1. The lowest BCUT2D eigenvalue weighted by Crippen LogP contribution is -2.23. The fourth-order valence-electron chi connectivity index (χ4n) is 5.43. The van der Waals surface area contributed by atoms with E-state index in [1.807, 2.05) is 98.3 Å². The lowest BCUT2D eigenvalue weighted by molar-refractivity contribution is 0.0697. The number of fused-ring (bicyclic) bond motifs is 2. The van der Waals surface area contributed by atoms with Gasteiger partial charge in [-0.05, 0) is 47.0 Å². The third kappa shape index (κ3) is 6.66. The summed E-state index contributed by atoms with van der Waals surface area (Å²) in [6.45, 7) is 0.547. The van der Waals surface area contributed by atoms with E-state index in [1.165, 1.54) is 12.3 Å². The van der Waals surface area contributed by atoms with Crippen molar-refractivity contribution in [2.75, 3.05) is 38.8 Å². The lowest BCUT2D eigenvalue weighted by Gasteiger charge is -2.19. The molecule has 0 atom stereocenters. The number of carbonyl (C=O) groups is 2. The Labute approximate surface area is 276 Å². The number of rotatable bonds is 9. The van der Waals surface area contributed by atoms with Gasteiger partial charge in [0, 0.05) is 72.8 Å². The number of hydrogen-bond donors (Lipinski definition) is 3. The van der Waals surface area contributed by atoms with Crippen LogP contribution in [-0.4, -0.2) is 55.1 Å². The van der Waals surface area contributed by atoms with Crippen LogP contribution in [0.15, 0.2) is 95.5 Å². The molecule has 0 bridgehead atoms. The predicted molar refractivity (Wildman–Crippen MR) is 185 cm³/mol. The molecule has 0 spiro atoms. The zero-order valence-electron chi connectivity index (χ0n) is 27.0. The molecule has 0 saturated carbocycles. The number of nitrogens with one attached hydrogen (secondary N) is 1. The molecule has 4 N–H and O–H groups in total. The number of anilines is 2. The second-order valence-corrected chi connectivity index (χ2v) is 11.7. The Kier molecular flexibility index (Phi) is 8.76. The Bertz CT molecular complexity index is 2200. The molecule has 4 aromatic rings. The maximum Gasteiger partial charge on any atom is 0.336 e. The first kappa shape index (κ1) is 31.7. The van der Waals surface area contributed by atoms with Gasteiger partial charge in [-0.2, -0.15) is 4.98 Å². The Morgan fingerprint density at radius 2 is 1.69 bits per heavy atom. The van der Waals surface area contributed by atoms with Gasteiger partial charge in [0.05, 0.1) is 11.6 Å². The van der Waals surface area contributed by atoms with E-state index >= 15 is 0 Å². The highest BCUT2D eigenvalue weighted by Crippen LogP contribution is 2.42. The van der Waals surface area contributed by atoms with Gasteiger partial charge in [0.2, 0.25) is 17.2 Å². The minimum absolute atomic E-state index is 0.0135. The van der Waals surface area contributed by atoms with Crippen LogP contribution in [0.4, 0.5) is 11.6 Å². The lowest BCUT2D eigenvalue weighted by atomic mass is 9.89. The first-order chi connectivity index (χ1) is 23.1. The molecule has 11 heteroatoms. The van der Waals surface area contributed by atoms with Gasteiger partial charge < -0.3 is 30.2 Å². The fourth-order valence-corrected chi connectivity index (χ4v) is 5.43. The number of carboxylic acid groups (broad SMARTS) is 1. The van der Waals surface area contributed by atoms with E-state index in [2.05, 4.69) is 15.3 Å². The molecule has 1 amide bonds. The third-order valence-corrected chi connectivity index (χ3v) is 8.01. The van der Waals surface area contributed by atoms with Gasteiger partial charge in [0.25, 0.3) is 5.91 Å². The number of carboxylic acids is 1. The van der Waals surface area contributed by atoms with Gasteiger partial charge in [-0.1, -0.05) is 30.3 Å². The number of nitrogen functional groups attached to an aromatic ring is 1. The smallest absolute Gasteiger partial charge is 0.336 e. The summed E-state index contributed by atoms with van der Waals surface area (Å²) < 4.78 is 14.0. The van der Waals surface area contributed by atoms with Crippen molar-refractivity contribution in [3.63, 3.8) is 0 Å². The van der Waals surface area contributed by atoms with Crippen LogP contribution in [0.1, 0.15) is 31.8 Å². The molecule has 6 rings (SSSR count). The molecule has 0 radical (unpaired) electrons. The van der Waals surface area contributed by atoms with E-state index in [0.717, 1.165) is 38.7 Å². The molecule has 11 nitrogen and oxygen atoms in total. The van der Waals surface area contributed by atoms with Crippen molar-refractivity contribution < 1.29 is 23.8 Å². The summed E-state index contributed by atoms with van der Waals surface area (Å²) in [5.41, 5.74) is 11.2. The summed E-state index contributed by atoms with van der Waals surface area (Å²) in [6.07, 6.45) is 1.53. The Morgan fingerprint density at radius 3 is 2.40 bits per heavy atom. The van der Waals surface area contributed by atoms with E-state index < -0.39 is 5.97 Å². The van der Waals surface area contributed by atoms with Crippen LogP contribution in [0.2, 0.25) is 0 Å². The van der Waals surface area contributed by atoms with Gasteiger partial charge in [-0.3, -0.25) is 4.79 Å². The van der Waals surface area contributed by atoms with Crippen LogP contribution in [0.3, 0.4) is 0 Å². The second kappa shape index (κ2) is 13.2.